The molecule has 20 heavy (non-hydrogen) atoms. The first-order valence-electron chi connectivity index (χ1n) is 7.83. The number of rotatable bonds is 2. The normalized spacial score (nSPS) is 26.8. The topological polar surface area (TPSA) is 49.9 Å². The number of carbonyl (C=O) groups is 2. The van der Waals surface area contributed by atoms with Crippen LogP contribution in [0.3, 0.4) is 0 Å². The second kappa shape index (κ2) is 5.35. The Morgan fingerprint density at radius 2 is 2.05 bits per heavy atom. The van der Waals surface area contributed by atoms with Crippen LogP contribution in [0.1, 0.15) is 39.0 Å². The van der Waals surface area contributed by atoms with Gasteiger partial charge in [0.05, 0.1) is 12.1 Å². The van der Waals surface area contributed by atoms with Crippen molar-refractivity contribution in [3.8, 4) is 0 Å². The van der Waals surface area contributed by atoms with E-state index in [1.807, 2.05) is 16.7 Å². The van der Waals surface area contributed by atoms with E-state index >= 15 is 0 Å². The Hall–Kier alpha value is -1.10. The van der Waals surface area contributed by atoms with Crippen LogP contribution in [0, 0.1) is 5.92 Å². The molecule has 112 valence electrons. The summed E-state index contributed by atoms with van der Waals surface area (Å²) in [5.74, 6) is 0.479. The molecule has 1 spiro atoms. The molecule has 0 aromatic carbocycles. The van der Waals surface area contributed by atoms with Gasteiger partial charge in [0, 0.05) is 32.2 Å². The van der Waals surface area contributed by atoms with Crippen LogP contribution in [0.2, 0.25) is 0 Å². The van der Waals surface area contributed by atoms with E-state index in [2.05, 4.69) is 0 Å². The van der Waals surface area contributed by atoms with Gasteiger partial charge in [-0.3, -0.25) is 9.59 Å². The van der Waals surface area contributed by atoms with E-state index in [0.717, 1.165) is 38.6 Å². The van der Waals surface area contributed by atoms with E-state index in [4.69, 9.17) is 4.74 Å². The van der Waals surface area contributed by atoms with E-state index in [1.54, 1.807) is 0 Å². The highest BCUT2D eigenvalue weighted by atomic mass is 16.5. The Labute approximate surface area is 120 Å². The molecule has 0 atom stereocenters. The highest BCUT2D eigenvalue weighted by Gasteiger charge is 2.47. The average Bonchev–Trinajstić information content (AvgIpc) is 2.37. The van der Waals surface area contributed by atoms with Crippen LogP contribution in [-0.4, -0.2) is 60.0 Å². The van der Waals surface area contributed by atoms with Gasteiger partial charge in [-0.15, -0.1) is 0 Å². The maximum atomic E-state index is 12.5. The SMILES string of the molecule is CCN1C(=O)CN(C(=O)C2CCC2)CC12CCOCC2. The summed E-state index contributed by atoms with van der Waals surface area (Å²) < 4.78 is 5.46. The minimum atomic E-state index is -0.179. The van der Waals surface area contributed by atoms with E-state index in [-0.39, 0.29) is 29.8 Å². The standard InChI is InChI=1S/C15H24N2O3/c1-2-17-13(18)10-16(14(19)12-4-3-5-12)11-15(17)6-8-20-9-7-15/h12H,2-11H2,1H3. The van der Waals surface area contributed by atoms with Crippen molar-refractivity contribution in [3.05, 3.63) is 0 Å². The molecule has 2 amide bonds. The Kier molecular flexibility index (Phi) is 3.71. The zero-order chi connectivity index (χ0) is 14.2. The molecule has 0 aromatic heterocycles. The lowest BCUT2D eigenvalue weighted by molar-refractivity contribution is -0.163. The predicted molar refractivity (Wildman–Crippen MR) is 74.1 cm³/mol. The minimum Gasteiger partial charge on any atom is -0.381 e. The minimum absolute atomic E-state index is 0.105. The Morgan fingerprint density at radius 3 is 2.60 bits per heavy atom. The van der Waals surface area contributed by atoms with Crippen molar-refractivity contribution in [2.24, 2.45) is 5.92 Å². The zero-order valence-electron chi connectivity index (χ0n) is 12.3. The summed E-state index contributed by atoms with van der Waals surface area (Å²) >= 11 is 0. The van der Waals surface area contributed by atoms with Crippen LogP contribution in [0.15, 0.2) is 0 Å². The van der Waals surface area contributed by atoms with Gasteiger partial charge in [-0.05, 0) is 32.6 Å². The number of amides is 2. The number of ether oxygens (including phenoxy) is 1. The summed E-state index contributed by atoms with van der Waals surface area (Å²) in [6.45, 7) is 5.10. The van der Waals surface area contributed by atoms with Gasteiger partial charge in [0.1, 0.15) is 0 Å². The van der Waals surface area contributed by atoms with Gasteiger partial charge in [0.15, 0.2) is 0 Å². The third kappa shape index (κ3) is 2.22. The maximum Gasteiger partial charge on any atom is 0.242 e. The monoisotopic (exact) mass is 280 g/mol. The smallest absolute Gasteiger partial charge is 0.242 e. The van der Waals surface area contributed by atoms with Crippen molar-refractivity contribution < 1.29 is 14.3 Å². The summed E-state index contributed by atoms with van der Waals surface area (Å²) in [5, 5.41) is 0. The van der Waals surface area contributed by atoms with Crippen LogP contribution in [-0.2, 0) is 14.3 Å². The lowest BCUT2D eigenvalue weighted by Gasteiger charge is -2.52. The quantitative estimate of drug-likeness (QED) is 0.759. The molecule has 0 radical (unpaired) electrons. The first-order valence-corrected chi connectivity index (χ1v) is 7.83. The van der Waals surface area contributed by atoms with E-state index in [0.29, 0.717) is 19.8 Å². The van der Waals surface area contributed by atoms with E-state index in [1.165, 1.54) is 0 Å². The van der Waals surface area contributed by atoms with Crippen LogP contribution in [0.4, 0.5) is 0 Å². The van der Waals surface area contributed by atoms with Crippen molar-refractivity contribution in [2.75, 3.05) is 32.8 Å². The summed E-state index contributed by atoms with van der Waals surface area (Å²) in [6.07, 6.45) is 4.84. The number of hydrogen-bond acceptors (Lipinski definition) is 3. The maximum absolute atomic E-state index is 12.5. The fourth-order valence-corrected chi connectivity index (χ4v) is 3.77. The van der Waals surface area contributed by atoms with Crippen molar-refractivity contribution in [3.63, 3.8) is 0 Å². The molecular formula is C15H24N2O3. The van der Waals surface area contributed by atoms with Gasteiger partial charge in [0.2, 0.25) is 11.8 Å². The summed E-state index contributed by atoms with van der Waals surface area (Å²) in [7, 11) is 0. The molecule has 3 fully saturated rings. The number of carbonyl (C=O) groups excluding carboxylic acids is 2. The van der Waals surface area contributed by atoms with Crippen LogP contribution < -0.4 is 0 Å². The zero-order valence-corrected chi connectivity index (χ0v) is 12.3. The molecular weight excluding hydrogens is 256 g/mol. The van der Waals surface area contributed by atoms with Gasteiger partial charge < -0.3 is 14.5 Å². The molecule has 3 aliphatic rings. The fourth-order valence-electron chi connectivity index (χ4n) is 3.77. The lowest BCUT2D eigenvalue weighted by atomic mass is 9.81. The highest BCUT2D eigenvalue weighted by Crippen LogP contribution is 2.35. The molecule has 2 heterocycles. The molecule has 3 rings (SSSR count). The van der Waals surface area contributed by atoms with Crippen LogP contribution >= 0.6 is 0 Å². The average molecular weight is 280 g/mol. The summed E-state index contributed by atoms with van der Waals surface area (Å²) in [5.41, 5.74) is -0.179. The third-order valence-corrected chi connectivity index (χ3v) is 5.19. The molecule has 2 saturated heterocycles. The van der Waals surface area contributed by atoms with Gasteiger partial charge >= 0.3 is 0 Å². The molecule has 1 saturated carbocycles. The van der Waals surface area contributed by atoms with Crippen LogP contribution in [0.25, 0.3) is 0 Å². The van der Waals surface area contributed by atoms with Gasteiger partial charge in [0.25, 0.3) is 0 Å². The summed E-state index contributed by atoms with van der Waals surface area (Å²) in [6, 6.07) is 0. The van der Waals surface area contributed by atoms with Gasteiger partial charge in [-0.1, -0.05) is 6.42 Å². The van der Waals surface area contributed by atoms with Crippen molar-refractivity contribution in [1.29, 1.82) is 0 Å². The highest BCUT2D eigenvalue weighted by molar-refractivity contribution is 5.88. The summed E-state index contributed by atoms with van der Waals surface area (Å²) in [4.78, 5) is 28.7. The first kappa shape index (κ1) is 13.9. The van der Waals surface area contributed by atoms with Crippen LogP contribution in [0.5, 0.6) is 0 Å². The molecule has 0 unspecified atom stereocenters. The molecule has 1 aliphatic carbocycles. The van der Waals surface area contributed by atoms with Crippen molar-refractivity contribution in [2.45, 2.75) is 44.6 Å². The fraction of sp³-hybridized carbons (Fsp3) is 0.867. The van der Waals surface area contributed by atoms with Gasteiger partial charge in [-0.2, -0.15) is 0 Å². The molecule has 5 heteroatoms. The van der Waals surface area contributed by atoms with E-state index < -0.39 is 0 Å². The molecule has 0 bridgehead atoms. The number of likely N-dealkylation sites (N-methyl/N-ethyl adjacent to an activating group) is 1. The van der Waals surface area contributed by atoms with Crippen molar-refractivity contribution >= 4 is 11.8 Å². The second-order valence-electron chi connectivity index (χ2n) is 6.30. The van der Waals surface area contributed by atoms with Crippen molar-refractivity contribution in [1.82, 2.24) is 9.80 Å². The number of hydrogen-bond donors (Lipinski definition) is 0. The second-order valence-corrected chi connectivity index (χ2v) is 6.30. The third-order valence-electron chi connectivity index (χ3n) is 5.19. The number of nitrogens with zero attached hydrogens (tertiary/aromatic N) is 2. The molecule has 0 N–H and O–H groups in total. The first-order chi connectivity index (χ1) is 9.66. The largest absolute Gasteiger partial charge is 0.381 e. The molecule has 2 aliphatic heterocycles. The molecule has 5 nitrogen and oxygen atoms in total. The van der Waals surface area contributed by atoms with Gasteiger partial charge in [-0.25, -0.2) is 0 Å². The number of piperazine rings is 1. The Balaban J connectivity index is 1.79. The lowest BCUT2D eigenvalue weighted by Crippen LogP contribution is -2.67. The Morgan fingerprint density at radius 1 is 1.35 bits per heavy atom. The predicted octanol–water partition coefficient (Wildman–Crippen LogP) is 1.03. The van der Waals surface area contributed by atoms with E-state index in [9.17, 15) is 9.59 Å². The Bertz CT molecular complexity index is 400. The molecule has 0 aromatic rings.